The van der Waals surface area contributed by atoms with Crippen LogP contribution in [0, 0.1) is 5.92 Å². The SMILES string of the molecule is C[C@@H]1C2OC[C@]1(CO)O[C@H]2n1cnc2c(=O)[nH]cnc21. The van der Waals surface area contributed by atoms with Crippen LogP contribution in [0.25, 0.3) is 11.2 Å². The number of aliphatic hydroxyl groups is 1. The van der Waals surface area contributed by atoms with Crippen molar-refractivity contribution < 1.29 is 14.6 Å². The van der Waals surface area contributed by atoms with Gasteiger partial charge in [-0.05, 0) is 0 Å². The van der Waals surface area contributed by atoms with Crippen LogP contribution in [0.5, 0.6) is 0 Å². The number of aromatic amines is 1. The Kier molecular flexibility index (Phi) is 2.33. The van der Waals surface area contributed by atoms with E-state index in [1.807, 2.05) is 6.92 Å². The van der Waals surface area contributed by atoms with Crippen molar-refractivity contribution >= 4 is 11.2 Å². The largest absolute Gasteiger partial charge is 0.393 e. The Morgan fingerprint density at radius 1 is 1.60 bits per heavy atom. The van der Waals surface area contributed by atoms with E-state index in [1.54, 1.807) is 4.57 Å². The normalized spacial score (nSPS) is 36.0. The van der Waals surface area contributed by atoms with Crippen LogP contribution in [0.1, 0.15) is 13.2 Å². The maximum absolute atomic E-state index is 11.7. The van der Waals surface area contributed by atoms with Crippen molar-refractivity contribution in [1.29, 1.82) is 0 Å². The summed E-state index contributed by atoms with van der Waals surface area (Å²) in [4.78, 5) is 22.4. The lowest BCUT2D eigenvalue weighted by Gasteiger charge is -2.30. The number of ether oxygens (including phenoxy) is 2. The average molecular weight is 278 g/mol. The zero-order chi connectivity index (χ0) is 13.9. The minimum atomic E-state index is -0.673. The van der Waals surface area contributed by atoms with Gasteiger partial charge in [0.15, 0.2) is 17.4 Å². The molecule has 0 spiro atoms. The number of fused-ring (bicyclic) bond motifs is 3. The van der Waals surface area contributed by atoms with Crippen LogP contribution in [-0.2, 0) is 9.47 Å². The second-order valence-electron chi connectivity index (χ2n) is 5.35. The van der Waals surface area contributed by atoms with Crippen LogP contribution < -0.4 is 5.56 Å². The molecule has 0 saturated carbocycles. The molecule has 2 N–H and O–H groups in total. The Labute approximate surface area is 113 Å². The minimum absolute atomic E-state index is 0.0666. The van der Waals surface area contributed by atoms with Gasteiger partial charge < -0.3 is 19.6 Å². The van der Waals surface area contributed by atoms with Gasteiger partial charge in [0.1, 0.15) is 11.7 Å². The van der Waals surface area contributed by atoms with Crippen LogP contribution in [-0.4, -0.2) is 49.5 Å². The molecular weight excluding hydrogens is 264 g/mol. The van der Waals surface area contributed by atoms with Crippen molar-refractivity contribution in [3.05, 3.63) is 23.0 Å². The van der Waals surface area contributed by atoms with Gasteiger partial charge in [0.05, 0.1) is 25.9 Å². The molecule has 8 heteroatoms. The third kappa shape index (κ3) is 1.33. The van der Waals surface area contributed by atoms with E-state index in [0.29, 0.717) is 12.3 Å². The van der Waals surface area contributed by atoms with Gasteiger partial charge in [-0.1, -0.05) is 6.92 Å². The third-order valence-electron chi connectivity index (χ3n) is 4.39. The fraction of sp³-hybridized carbons (Fsp3) is 0.583. The quantitative estimate of drug-likeness (QED) is 0.761. The van der Waals surface area contributed by atoms with Crippen LogP contribution in [0.2, 0.25) is 0 Å². The molecule has 106 valence electrons. The van der Waals surface area contributed by atoms with E-state index in [2.05, 4.69) is 15.0 Å². The summed E-state index contributed by atoms with van der Waals surface area (Å²) in [6.07, 6.45) is 2.26. The van der Waals surface area contributed by atoms with Gasteiger partial charge >= 0.3 is 0 Å². The Hall–Kier alpha value is -1.77. The first kappa shape index (κ1) is 12.0. The third-order valence-corrected chi connectivity index (χ3v) is 4.39. The number of aromatic nitrogens is 4. The predicted molar refractivity (Wildman–Crippen MR) is 67.0 cm³/mol. The molecule has 1 unspecified atom stereocenters. The van der Waals surface area contributed by atoms with Gasteiger partial charge in [0.2, 0.25) is 0 Å². The molecule has 4 heterocycles. The zero-order valence-corrected chi connectivity index (χ0v) is 10.8. The second kappa shape index (κ2) is 3.87. The summed E-state index contributed by atoms with van der Waals surface area (Å²) in [7, 11) is 0. The highest BCUT2D eigenvalue weighted by Gasteiger charge is 2.59. The summed E-state index contributed by atoms with van der Waals surface area (Å²) in [5.74, 6) is 0.0666. The Morgan fingerprint density at radius 3 is 3.20 bits per heavy atom. The van der Waals surface area contributed by atoms with E-state index in [4.69, 9.17) is 9.47 Å². The van der Waals surface area contributed by atoms with Crippen molar-refractivity contribution in [2.45, 2.75) is 24.9 Å². The van der Waals surface area contributed by atoms with Crippen LogP contribution in [0.15, 0.2) is 17.4 Å². The van der Waals surface area contributed by atoms with E-state index >= 15 is 0 Å². The molecule has 2 saturated heterocycles. The van der Waals surface area contributed by atoms with E-state index in [0.717, 1.165) is 0 Å². The molecule has 0 radical (unpaired) electrons. The summed E-state index contributed by atoms with van der Waals surface area (Å²) in [5.41, 5.74) is -0.241. The van der Waals surface area contributed by atoms with E-state index in [1.165, 1.54) is 12.7 Å². The van der Waals surface area contributed by atoms with Crippen LogP contribution in [0.4, 0.5) is 0 Å². The molecule has 8 nitrogen and oxygen atoms in total. The Morgan fingerprint density at radius 2 is 2.45 bits per heavy atom. The first-order valence-electron chi connectivity index (χ1n) is 6.47. The first-order valence-corrected chi connectivity index (χ1v) is 6.47. The molecule has 0 amide bonds. The van der Waals surface area contributed by atoms with Crippen molar-refractivity contribution in [3.8, 4) is 0 Å². The van der Waals surface area contributed by atoms with Gasteiger partial charge in [-0.25, -0.2) is 9.97 Å². The smallest absolute Gasteiger partial charge is 0.278 e. The van der Waals surface area contributed by atoms with E-state index in [9.17, 15) is 9.90 Å². The number of hydrogen-bond donors (Lipinski definition) is 2. The fourth-order valence-electron chi connectivity index (χ4n) is 3.08. The monoisotopic (exact) mass is 278 g/mol. The molecule has 4 rings (SSSR count). The van der Waals surface area contributed by atoms with Crippen LogP contribution >= 0.6 is 0 Å². The molecular formula is C12H14N4O4. The average Bonchev–Trinajstić information content (AvgIpc) is 3.10. The highest BCUT2D eigenvalue weighted by Crippen LogP contribution is 2.48. The lowest BCUT2D eigenvalue weighted by Crippen LogP contribution is -2.40. The van der Waals surface area contributed by atoms with Crippen LogP contribution in [0.3, 0.4) is 0 Å². The molecule has 0 aromatic carbocycles. The molecule has 2 aliphatic rings. The van der Waals surface area contributed by atoms with Crippen molar-refractivity contribution in [2.75, 3.05) is 13.2 Å². The van der Waals surface area contributed by atoms with Crippen molar-refractivity contribution in [2.24, 2.45) is 5.92 Å². The second-order valence-corrected chi connectivity index (χ2v) is 5.35. The maximum Gasteiger partial charge on any atom is 0.278 e. The molecule has 2 aromatic heterocycles. The number of aliphatic hydroxyl groups excluding tert-OH is 1. The summed E-state index contributed by atoms with van der Waals surface area (Å²) in [6.45, 7) is 2.28. The maximum atomic E-state index is 11.7. The van der Waals surface area contributed by atoms with Gasteiger partial charge in [-0.15, -0.1) is 0 Å². The number of imidazole rings is 1. The fourth-order valence-corrected chi connectivity index (χ4v) is 3.08. The Bertz CT molecular complexity index is 726. The molecule has 2 bridgehead atoms. The predicted octanol–water partition coefficient (Wildman–Crippen LogP) is -0.586. The summed E-state index contributed by atoms with van der Waals surface area (Å²) >= 11 is 0. The lowest BCUT2D eigenvalue weighted by atomic mass is 9.91. The lowest BCUT2D eigenvalue weighted by molar-refractivity contribution is -0.183. The number of H-pyrrole nitrogens is 1. The molecule has 2 fully saturated rings. The van der Waals surface area contributed by atoms with Crippen molar-refractivity contribution in [3.63, 3.8) is 0 Å². The zero-order valence-electron chi connectivity index (χ0n) is 10.8. The topological polar surface area (TPSA) is 102 Å². The highest BCUT2D eigenvalue weighted by molar-refractivity contribution is 5.68. The minimum Gasteiger partial charge on any atom is -0.393 e. The van der Waals surface area contributed by atoms with Gasteiger partial charge in [0.25, 0.3) is 5.56 Å². The highest BCUT2D eigenvalue weighted by atomic mass is 16.6. The number of nitrogens with one attached hydrogen (secondary N) is 1. The van der Waals surface area contributed by atoms with Crippen molar-refractivity contribution in [1.82, 2.24) is 19.5 Å². The van der Waals surface area contributed by atoms with Gasteiger partial charge in [-0.3, -0.25) is 9.36 Å². The molecule has 0 aliphatic carbocycles. The standard InChI is InChI=1S/C12H14N4O4/c1-6-8-11(20-12(6,2-17)3-19-8)16-5-15-7-9(16)13-4-14-10(7)18/h4-6,8,11,17H,2-3H2,1H3,(H,13,14,18)/t6-,8?,11-,12+/m1/s1. The number of hydrogen-bond acceptors (Lipinski definition) is 6. The van der Waals surface area contributed by atoms with Gasteiger partial charge in [-0.2, -0.15) is 0 Å². The van der Waals surface area contributed by atoms with E-state index < -0.39 is 11.8 Å². The number of nitrogens with zero attached hydrogens (tertiary/aromatic N) is 3. The summed E-state index contributed by atoms with van der Waals surface area (Å²) in [5, 5.41) is 9.59. The van der Waals surface area contributed by atoms with Gasteiger partial charge in [0, 0.05) is 5.92 Å². The molecule has 2 aliphatic heterocycles. The molecule has 20 heavy (non-hydrogen) atoms. The Balaban J connectivity index is 1.82. The summed E-state index contributed by atoms with van der Waals surface area (Å²) < 4.78 is 13.4. The summed E-state index contributed by atoms with van der Waals surface area (Å²) in [6, 6.07) is 0. The molecule has 2 aromatic rings. The molecule has 4 atom stereocenters. The van der Waals surface area contributed by atoms with E-state index in [-0.39, 0.29) is 29.7 Å². The first-order chi connectivity index (χ1) is 9.66. The number of rotatable bonds is 2.